The van der Waals surface area contributed by atoms with Crippen LogP contribution in [-0.4, -0.2) is 29.8 Å². The third-order valence-electron chi connectivity index (χ3n) is 4.34. The molecule has 0 spiro atoms. The van der Waals surface area contributed by atoms with Crippen molar-refractivity contribution < 1.29 is 24.0 Å². The third kappa shape index (κ3) is 5.45. The quantitative estimate of drug-likeness (QED) is 0.403. The van der Waals surface area contributed by atoms with E-state index in [1.807, 2.05) is 0 Å². The molecule has 0 radical (unpaired) electrons. The van der Waals surface area contributed by atoms with Gasteiger partial charge >= 0.3 is 0 Å². The number of amides is 3. The van der Waals surface area contributed by atoms with E-state index in [0.29, 0.717) is 17.0 Å². The van der Waals surface area contributed by atoms with Crippen LogP contribution in [0.5, 0.6) is 5.75 Å². The van der Waals surface area contributed by atoms with Gasteiger partial charge in [-0.1, -0.05) is 12.1 Å². The van der Waals surface area contributed by atoms with Crippen molar-refractivity contribution in [3.8, 4) is 5.75 Å². The molecule has 3 aromatic rings. The smallest absolute Gasteiger partial charge is 0.269 e. The predicted octanol–water partition coefficient (Wildman–Crippen LogP) is 2.93. The van der Waals surface area contributed by atoms with Crippen molar-refractivity contribution in [3.63, 3.8) is 0 Å². The molecule has 0 saturated heterocycles. The van der Waals surface area contributed by atoms with E-state index >= 15 is 0 Å². The van der Waals surface area contributed by atoms with Gasteiger partial charge in [0.25, 0.3) is 23.4 Å². The Morgan fingerprint density at radius 3 is 2.00 bits per heavy atom. The van der Waals surface area contributed by atoms with Gasteiger partial charge in [-0.3, -0.25) is 35.3 Å². The standard InChI is InChI=1S/C22H18N4O6/c1-32-19-7-3-5-16(13-19)20(27)23-17-6-2-4-15(12-17)22(29)25-24-21(28)14-8-10-18(11-9-14)26(30)31/h2-13H,1H3,(H,23,27)(H,24,28)(H,25,29). The van der Waals surface area contributed by atoms with Crippen LogP contribution in [-0.2, 0) is 0 Å². The van der Waals surface area contributed by atoms with Gasteiger partial charge in [-0.2, -0.15) is 0 Å². The van der Waals surface area contributed by atoms with Crippen LogP contribution in [0.4, 0.5) is 11.4 Å². The molecule has 10 nitrogen and oxygen atoms in total. The number of nitro benzene ring substituents is 1. The zero-order chi connectivity index (χ0) is 23.1. The van der Waals surface area contributed by atoms with Gasteiger partial charge in [0.05, 0.1) is 12.0 Å². The molecule has 0 fully saturated rings. The third-order valence-corrected chi connectivity index (χ3v) is 4.34. The highest BCUT2D eigenvalue weighted by atomic mass is 16.6. The monoisotopic (exact) mass is 434 g/mol. The average molecular weight is 434 g/mol. The van der Waals surface area contributed by atoms with Crippen molar-refractivity contribution in [3.05, 3.63) is 99.6 Å². The van der Waals surface area contributed by atoms with Crippen LogP contribution in [0.15, 0.2) is 72.8 Å². The van der Waals surface area contributed by atoms with Crippen molar-refractivity contribution >= 4 is 29.1 Å². The van der Waals surface area contributed by atoms with Crippen LogP contribution in [0.25, 0.3) is 0 Å². The maximum absolute atomic E-state index is 12.4. The highest BCUT2D eigenvalue weighted by Gasteiger charge is 2.13. The Morgan fingerprint density at radius 2 is 1.38 bits per heavy atom. The first kappa shape index (κ1) is 22.0. The first-order chi connectivity index (χ1) is 15.4. The van der Waals surface area contributed by atoms with Crippen molar-refractivity contribution in [1.82, 2.24) is 10.9 Å². The van der Waals surface area contributed by atoms with E-state index in [4.69, 9.17) is 4.74 Å². The number of anilines is 1. The molecule has 0 heterocycles. The van der Waals surface area contributed by atoms with Crippen molar-refractivity contribution in [2.45, 2.75) is 0 Å². The topological polar surface area (TPSA) is 140 Å². The Kier molecular flexibility index (Phi) is 6.76. The summed E-state index contributed by atoms with van der Waals surface area (Å²) in [6.45, 7) is 0. The average Bonchev–Trinajstić information content (AvgIpc) is 2.82. The van der Waals surface area contributed by atoms with Gasteiger partial charge in [0, 0.05) is 34.5 Å². The number of nitrogens with zero attached hydrogens (tertiary/aromatic N) is 1. The van der Waals surface area contributed by atoms with Crippen LogP contribution in [0.3, 0.4) is 0 Å². The SMILES string of the molecule is COc1cccc(C(=O)Nc2cccc(C(=O)NNC(=O)c3ccc([N+](=O)[O-])cc3)c2)c1. The lowest BCUT2D eigenvalue weighted by Gasteiger charge is -2.10. The van der Waals surface area contributed by atoms with Crippen LogP contribution in [0.2, 0.25) is 0 Å². The summed E-state index contributed by atoms with van der Waals surface area (Å²) in [6.07, 6.45) is 0. The number of benzene rings is 3. The summed E-state index contributed by atoms with van der Waals surface area (Å²) in [5, 5.41) is 13.4. The van der Waals surface area contributed by atoms with Gasteiger partial charge in [-0.25, -0.2) is 0 Å². The number of hydrogen-bond donors (Lipinski definition) is 3. The highest BCUT2D eigenvalue weighted by molar-refractivity contribution is 6.05. The summed E-state index contributed by atoms with van der Waals surface area (Å²) in [5.41, 5.74) is 5.43. The molecule has 162 valence electrons. The molecule has 0 unspecified atom stereocenters. The second-order valence-electron chi connectivity index (χ2n) is 6.48. The zero-order valence-electron chi connectivity index (χ0n) is 16.8. The van der Waals surface area contributed by atoms with E-state index in [1.165, 1.54) is 43.5 Å². The number of rotatable bonds is 6. The molecular weight excluding hydrogens is 416 g/mol. The van der Waals surface area contributed by atoms with E-state index in [9.17, 15) is 24.5 Å². The Labute approximate surface area is 182 Å². The van der Waals surface area contributed by atoms with Gasteiger partial charge in [-0.15, -0.1) is 0 Å². The van der Waals surface area contributed by atoms with Gasteiger partial charge in [-0.05, 0) is 48.5 Å². The number of methoxy groups -OCH3 is 1. The maximum Gasteiger partial charge on any atom is 0.269 e. The summed E-state index contributed by atoms with van der Waals surface area (Å²) >= 11 is 0. The van der Waals surface area contributed by atoms with Gasteiger partial charge in [0.2, 0.25) is 0 Å². The van der Waals surface area contributed by atoms with Crippen molar-refractivity contribution in [1.29, 1.82) is 0 Å². The lowest BCUT2D eigenvalue weighted by atomic mass is 10.1. The molecule has 32 heavy (non-hydrogen) atoms. The minimum atomic E-state index is -0.643. The first-order valence-electron chi connectivity index (χ1n) is 9.28. The lowest BCUT2D eigenvalue weighted by molar-refractivity contribution is -0.384. The number of nitrogens with one attached hydrogen (secondary N) is 3. The summed E-state index contributed by atoms with van der Waals surface area (Å²) in [6, 6.07) is 17.7. The second kappa shape index (κ2) is 9.85. The molecule has 0 aliphatic rings. The highest BCUT2D eigenvalue weighted by Crippen LogP contribution is 2.16. The number of carbonyl (C=O) groups is 3. The van der Waals surface area contributed by atoms with Crippen LogP contribution in [0.1, 0.15) is 31.1 Å². The molecule has 0 aliphatic carbocycles. The maximum atomic E-state index is 12.4. The molecule has 0 bridgehead atoms. The van der Waals surface area contributed by atoms with Crippen LogP contribution >= 0.6 is 0 Å². The molecule has 0 atom stereocenters. The van der Waals surface area contributed by atoms with Gasteiger partial charge in [0.15, 0.2) is 0 Å². The Bertz CT molecular complexity index is 1180. The number of non-ortho nitro benzene ring substituents is 1. The summed E-state index contributed by atoms with van der Waals surface area (Å²) in [7, 11) is 1.50. The Morgan fingerprint density at radius 1 is 0.781 bits per heavy atom. The van der Waals surface area contributed by atoms with E-state index in [2.05, 4.69) is 16.2 Å². The molecule has 3 amide bonds. The largest absolute Gasteiger partial charge is 0.497 e. The second-order valence-corrected chi connectivity index (χ2v) is 6.48. The fourth-order valence-corrected chi connectivity index (χ4v) is 2.70. The lowest BCUT2D eigenvalue weighted by Crippen LogP contribution is -2.41. The van der Waals surface area contributed by atoms with Crippen LogP contribution in [0, 0.1) is 10.1 Å². The normalized spacial score (nSPS) is 10.0. The van der Waals surface area contributed by atoms with E-state index < -0.39 is 16.7 Å². The number of nitro groups is 1. The number of hydrazine groups is 1. The molecule has 3 rings (SSSR count). The molecule has 10 heteroatoms. The van der Waals surface area contributed by atoms with E-state index in [0.717, 1.165) is 0 Å². The summed E-state index contributed by atoms with van der Waals surface area (Å²) in [4.78, 5) is 47.0. The summed E-state index contributed by atoms with van der Waals surface area (Å²) in [5.74, 6) is -1.10. The number of carbonyl (C=O) groups excluding carboxylic acids is 3. The van der Waals surface area contributed by atoms with Crippen molar-refractivity contribution in [2.75, 3.05) is 12.4 Å². The zero-order valence-corrected chi connectivity index (χ0v) is 16.8. The Hall–Kier alpha value is -4.73. The molecule has 3 N–H and O–H groups in total. The minimum absolute atomic E-state index is 0.134. The molecular formula is C22H18N4O6. The van der Waals surface area contributed by atoms with E-state index in [1.54, 1.807) is 36.4 Å². The fourth-order valence-electron chi connectivity index (χ4n) is 2.70. The molecule has 0 saturated carbocycles. The van der Waals surface area contributed by atoms with Gasteiger partial charge < -0.3 is 10.1 Å². The molecule has 0 aliphatic heterocycles. The van der Waals surface area contributed by atoms with E-state index in [-0.39, 0.29) is 22.7 Å². The Balaban J connectivity index is 1.61. The first-order valence-corrected chi connectivity index (χ1v) is 9.28. The predicted molar refractivity (Wildman–Crippen MR) is 115 cm³/mol. The number of ether oxygens (including phenoxy) is 1. The summed E-state index contributed by atoms with van der Waals surface area (Å²) < 4.78 is 5.10. The van der Waals surface area contributed by atoms with Crippen LogP contribution < -0.4 is 20.9 Å². The fraction of sp³-hybridized carbons (Fsp3) is 0.0455. The number of hydrogen-bond acceptors (Lipinski definition) is 6. The minimum Gasteiger partial charge on any atom is -0.497 e. The molecule has 0 aromatic heterocycles. The van der Waals surface area contributed by atoms with Gasteiger partial charge in [0.1, 0.15) is 5.75 Å². The molecule has 3 aromatic carbocycles. The van der Waals surface area contributed by atoms with Crippen molar-refractivity contribution in [2.24, 2.45) is 0 Å².